The Morgan fingerprint density at radius 1 is 1.20 bits per heavy atom. The molecule has 0 bridgehead atoms. The molecule has 0 fully saturated rings. The third-order valence-electron chi connectivity index (χ3n) is 3.88. The van der Waals surface area contributed by atoms with E-state index in [1.54, 1.807) is 17.1 Å². The molecular weight excluding hydrogens is 312 g/mol. The van der Waals surface area contributed by atoms with Crippen molar-refractivity contribution in [2.75, 3.05) is 0 Å². The highest BCUT2D eigenvalue weighted by Gasteiger charge is 2.16. The number of amides is 1. The van der Waals surface area contributed by atoms with Gasteiger partial charge in [-0.05, 0) is 24.6 Å². The second kappa shape index (κ2) is 7.45. The van der Waals surface area contributed by atoms with E-state index in [0.29, 0.717) is 5.56 Å². The molecule has 124 valence electrons. The molecule has 1 aromatic heterocycles. The van der Waals surface area contributed by atoms with Crippen LogP contribution < -0.4 is 5.32 Å². The van der Waals surface area contributed by atoms with E-state index in [9.17, 15) is 10.1 Å². The van der Waals surface area contributed by atoms with Crippen LogP contribution in [0.5, 0.6) is 0 Å². The lowest BCUT2D eigenvalue weighted by Gasteiger charge is -2.10. The summed E-state index contributed by atoms with van der Waals surface area (Å²) in [6, 6.07) is 18.8. The number of para-hydroxylation sites is 1. The van der Waals surface area contributed by atoms with Crippen LogP contribution in [0.1, 0.15) is 22.7 Å². The summed E-state index contributed by atoms with van der Waals surface area (Å²) in [5.74, 6) is -0.192. The van der Waals surface area contributed by atoms with Gasteiger partial charge in [0.2, 0.25) is 5.91 Å². The van der Waals surface area contributed by atoms with Crippen LogP contribution in [-0.4, -0.2) is 15.7 Å². The molecule has 0 aliphatic heterocycles. The average Bonchev–Trinajstić information content (AvgIpc) is 3.12. The zero-order valence-electron chi connectivity index (χ0n) is 13.9. The van der Waals surface area contributed by atoms with E-state index in [4.69, 9.17) is 0 Å². The summed E-state index contributed by atoms with van der Waals surface area (Å²) in [5, 5.41) is 16.4. The normalized spacial score (nSPS) is 11.5. The van der Waals surface area contributed by atoms with E-state index < -0.39 is 6.04 Å². The fourth-order valence-corrected chi connectivity index (χ4v) is 2.50. The van der Waals surface area contributed by atoms with Crippen LogP contribution in [0.4, 0.5) is 0 Å². The van der Waals surface area contributed by atoms with Crippen molar-refractivity contribution in [1.82, 2.24) is 15.1 Å². The van der Waals surface area contributed by atoms with Gasteiger partial charge in [0.25, 0.3) is 0 Å². The lowest BCUT2D eigenvalue weighted by atomic mass is 10.1. The molecular formula is C20H18N4O. The molecule has 3 aromatic rings. The number of carbonyl (C=O) groups excluding carboxylic acids is 1. The lowest BCUT2D eigenvalue weighted by molar-refractivity contribution is -0.120. The molecule has 1 N–H and O–H groups in total. The highest BCUT2D eigenvalue weighted by atomic mass is 16.1. The molecule has 1 atom stereocenters. The summed E-state index contributed by atoms with van der Waals surface area (Å²) in [6.45, 7) is 2.00. The molecule has 2 aromatic carbocycles. The first-order valence-corrected chi connectivity index (χ1v) is 8.00. The first-order chi connectivity index (χ1) is 12.2. The summed E-state index contributed by atoms with van der Waals surface area (Å²) < 4.78 is 1.69. The van der Waals surface area contributed by atoms with E-state index in [2.05, 4.69) is 16.5 Å². The zero-order valence-corrected chi connectivity index (χ0v) is 13.9. The van der Waals surface area contributed by atoms with Crippen molar-refractivity contribution in [3.8, 4) is 11.8 Å². The fraction of sp³-hybridized carbons (Fsp3) is 0.150. The Labute approximate surface area is 146 Å². The summed E-state index contributed by atoms with van der Waals surface area (Å²) in [6.07, 6.45) is 3.60. The molecule has 3 rings (SSSR count). The van der Waals surface area contributed by atoms with Gasteiger partial charge in [-0.15, -0.1) is 0 Å². The molecule has 0 unspecified atom stereocenters. The molecule has 5 nitrogen and oxygen atoms in total. The Bertz CT molecular complexity index is 891. The van der Waals surface area contributed by atoms with Gasteiger partial charge in [-0.25, -0.2) is 4.68 Å². The minimum atomic E-state index is -0.726. The number of aromatic nitrogens is 2. The number of benzene rings is 2. The summed E-state index contributed by atoms with van der Waals surface area (Å²) in [7, 11) is 0. The minimum absolute atomic E-state index is 0.192. The predicted octanol–water partition coefficient (Wildman–Crippen LogP) is 3.10. The van der Waals surface area contributed by atoms with E-state index in [1.807, 2.05) is 61.5 Å². The first kappa shape index (κ1) is 16.5. The summed E-state index contributed by atoms with van der Waals surface area (Å²) >= 11 is 0. The van der Waals surface area contributed by atoms with Gasteiger partial charge in [0.15, 0.2) is 0 Å². The van der Waals surface area contributed by atoms with Gasteiger partial charge >= 0.3 is 0 Å². The van der Waals surface area contributed by atoms with Crippen LogP contribution in [0.2, 0.25) is 0 Å². The molecule has 0 saturated carbocycles. The smallest absolute Gasteiger partial charge is 0.225 e. The number of aryl methyl sites for hydroxylation is 1. The van der Waals surface area contributed by atoms with Crippen LogP contribution in [0.3, 0.4) is 0 Å². The molecule has 25 heavy (non-hydrogen) atoms. The van der Waals surface area contributed by atoms with Crippen LogP contribution >= 0.6 is 0 Å². The Morgan fingerprint density at radius 3 is 2.60 bits per heavy atom. The Morgan fingerprint density at radius 2 is 1.92 bits per heavy atom. The SMILES string of the molecule is Cc1ccc(CC(=O)N[C@@H](C#N)c2cnn(-c3ccccc3)c2)cc1. The molecule has 1 amide bonds. The van der Waals surface area contributed by atoms with Gasteiger partial charge in [0, 0.05) is 11.8 Å². The van der Waals surface area contributed by atoms with Crippen LogP contribution in [0.25, 0.3) is 5.69 Å². The van der Waals surface area contributed by atoms with Crippen molar-refractivity contribution < 1.29 is 4.79 Å². The van der Waals surface area contributed by atoms with E-state index in [-0.39, 0.29) is 12.3 Å². The number of nitrogens with one attached hydrogen (secondary N) is 1. The molecule has 0 saturated heterocycles. The Kier molecular flexibility index (Phi) is 4.91. The summed E-state index contributed by atoms with van der Waals surface area (Å²) in [5.41, 5.74) is 3.62. The second-order valence-electron chi connectivity index (χ2n) is 5.85. The maximum absolute atomic E-state index is 12.2. The maximum atomic E-state index is 12.2. The van der Waals surface area contributed by atoms with Crippen molar-refractivity contribution in [2.24, 2.45) is 0 Å². The first-order valence-electron chi connectivity index (χ1n) is 8.00. The van der Waals surface area contributed by atoms with Gasteiger partial charge in [-0.1, -0.05) is 48.0 Å². The molecule has 0 radical (unpaired) electrons. The molecule has 5 heteroatoms. The van der Waals surface area contributed by atoms with Crippen LogP contribution in [0.15, 0.2) is 67.0 Å². The van der Waals surface area contributed by atoms with Gasteiger partial charge in [-0.3, -0.25) is 4.79 Å². The maximum Gasteiger partial charge on any atom is 0.225 e. The number of hydrogen-bond donors (Lipinski definition) is 1. The quantitative estimate of drug-likeness (QED) is 0.781. The summed E-state index contributed by atoms with van der Waals surface area (Å²) in [4.78, 5) is 12.2. The number of hydrogen-bond acceptors (Lipinski definition) is 3. The van der Waals surface area contributed by atoms with Crippen molar-refractivity contribution >= 4 is 5.91 Å². The second-order valence-corrected chi connectivity index (χ2v) is 5.85. The van der Waals surface area contributed by atoms with E-state index in [0.717, 1.165) is 16.8 Å². The van der Waals surface area contributed by atoms with Crippen molar-refractivity contribution in [2.45, 2.75) is 19.4 Å². The van der Waals surface area contributed by atoms with Crippen molar-refractivity contribution in [3.05, 3.63) is 83.7 Å². The van der Waals surface area contributed by atoms with Crippen molar-refractivity contribution in [3.63, 3.8) is 0 Å². The van der Waals surface area contributed by atoms with Gasteiger partial charge < -0.3 is 5.32 Å². The van der Waals surface area contributed by atoms with E-state index >= 15 is 0 Å². The fourth-order valence-electron chi connectivity index (χ4n) is 2.50. The third kappa shape index (κ3) is 4.12. The topological polar surface area (TPSA) is 70.7 Å². The number of carbonyl (C=O) groups is 1. The van der Waals surface area contributed by atoms with Gasteiger partial charge in [-0.2, -0.15) is 10.4 Å². The predicted molar refractivity (Wildman–Crippen MR) is 94.9 cm³/mol. The number of nitriles is 1. The molecule has 1 heterocycles. The van der Waals surface area contributed by atoms with Gasteiger partial charge in [0.1, 0.15) is 6.04 Å². The van der Waals surface area contributed by atoms with Crippen molar-refractivity contribution in [1.29, 1.82) is 5.26 Å². The lowest BCUT2D eigenvalue weighted by Crippen LogP contribution is -2.28. The highest BCUT2D eigenvalue weighted by Crippen LogP contribution is 2.15. The van der Waals surface area contributed by atoms with Gasteiger partial charge in [0.05, 0.1) is 24.4 Å². The monoisotopic (exact) mass is 330 g/mol. The zero-order chi connectivity index (χ0) is 17.6. The molecule has 0 spiro atoms. The highest BCUT2D eigenvalue weighted by molar-refractivity contribution is 5.79. The molecule has 0 aliphatic rings. The number of nitrogens with zero attached hydrogens (tertiary/aromatic N) is 3. The Hall–Kier alpha value is -3.39. The van der Waals surface area contributed by atoms with Crippen LogP contribution in [0, 0.1) is 18.3 Å². The minimum Gasteiger partial charge on any atom is -0.336 e. The van der Waals surface area contributed by atoms with E-state index in [1.165, 1.54) is 0 Å². The number of rotatable bonds is 5. The third-order valence-corrected chi connectivity index (χ3v) is 3.88. The average molecular weight is 330 g/mol. The Balaban J connectivity index is 1.68. The van der Waals surface area contributed by atoms with Crippen LogP contribution in [-0.2, 0) is 11.2 Å². The largest absolute Gasteiger partial charge is 0.336 e. The molecule has 0 aliphatic carbocycles. The standard InChI is InChI=1S/C20H18N4O/c1-15-7-9-16(10-8-15)11-20(25)23-19(12-21)17-13-22-24(14-17)18-5-3-2-4-6-18/h2-10,13-14,19H,11H2,1H3,(H,23,25)/t19-/m0/s1.